The summed E-state index contributed by atoms with van der Waals surface area (Å²) < 4.78 is 0. The molecule has 0 bridgehead atoms. The first-order valence-electron chi connectivity index (χ1n) is 8.21. The number of anilines is 2. The topological polar surface area (TPSA) is 78.4 Å². The molecule has 3 rings (SSSR count). The van der Waals surface area contributed by atoms with Gasteiger partial charge in [-0.2, -0.15) is 0 Å². The molecule has 7 heteroatoms. The molecule has 1 fully saturated rings. The Bertz CT molecular complexity index is 750. The number of hydrogen-bond donors (Lipinski definition) is 1. The minimum atomic E-state index is -0.277. The van der Waals surface area contributed by atoms with E-state index in [1.165, 1.54) is 6.92 Å². The number of likely N-dealkylation sites (N-methyl/N-ethyl adjacent to an activating group) is 1. The van der Waals surface area contributed by atoms with E-state index in [0.717, 1.165) is 26.2 Å². The average molecular weight is 339 g/mol. The molecule has 1 aliphatic heterocycles. The SMILES string of the molecule is CC(=O)c1ccc(NC(=O)c2cnc(N3CCN(C)CC3)nc2)cc1. The lowest BCUT2D eigenvalue weighted by molar-refractivity contribution is 0.101. The van der Waals surface area contributed by atoms with Gasteiger partial charge < -0.3 is 15.1 Å². The van der Waals surface area contributed by atoms with E-state index in [9.17, 15) is 9.59 Å². The molecule has 0 aliphatic carbocycles. The van der Waals surface area contributed by atoms with Crippen LogP contribution in [0.4, 0.5) is 11.6 Å². The predicted molar refractivity (Wildman–Crippen MR) is 96.1 cm³/mol. The van der Waals surface area contributed by atoms with Gasteiger partial charge in [0.1, 0.15) is 0 Å². The van der Waals surface area contributed by atoms with Crippen LogP contribution in [0.15, 0.2) is 36.7 Å². The summed E-state index contributed by atoms with van der Waals surface area (Å²) in [7, 11) is 2.09. The van der Waals surface area contributed by atoms with Crippen LogP contribution in [0.1, 0.15) is 27.6 Å². The number of aromatic nitrogens is 2. The maximum atomic E-state index is 12.3. The zero-order valence-corrected chi connectivity index (χ0v) is 14.4. The number of carbonyl (C=O) groups excluding carboxylic acids is 2. The molecular weight excluding hydrogens is 318 g/mol. The highest BCUT2D eigenvalue weighted by Gasteiger charge is 2.17. The first-order valence-corrected chi connectivity index (χ1v) is 8.21. The van der Waals surface area contributed by atoms with Gasteiger partial charge in [-0.3, -0.25) is 9.59 Å². The number of Topliss-reactive ketones (excluding diaryl/α,β-unsaturated/α-hetero) is 1. The van der Waals surface area contributed by atoms with Gasteiger partial charge >= 0.3 is 0 Å². The standard InChI is InChI=1S/C18H21N5O2/c1-13(24)14-3-5-16(6-4-14)21-17(25)15-11-19-18(20-12-15)23-9-7-22(2)8-10-23/h3-6,11-12H,7-10H2,1-2H3,(H,21,25). The Balaban J connectivity index is 1.63. The molecule has 7 nitrogen and oxygen atoms in total. The van der Waals surface area contributed by atoms with Crippen LogP contribution in [0, 0.1) is 0 Å². The lowest BCUT2D eigenvalue weighted by atomic mass is 10.1. The fourth-order valence-electron chi connectivity index (χ4n) is 2.60. The first kappa shape index (κ1) is 17.0. The van der Waals surface area contributed by atoms with Crippen LogP contribution in [-0.4, -0.2) is 59.8 Å². The number of carbonyl (C=O) groups is 2. The van der Waals surface area contributed by atoms with Crippen molar-refractivity contribution >= 4 is 23.3 Å². The predicted octanol–water partition coefficient (Wildman–Crippen LogP) is 1.68. The summed E-state index contributed by atoms with van der Waals surface area (Å²) in [5.74, 6) is 0.363. The molecule has 25 heavy (non-hydrogen) atoms. The minimum Gasteiger partial charge on any atom is -0.338 e. The zero-order valence-electron chi connectivity index (χ0n) is 14.4. The highest BCUT2D eigenvalue weighted by atomic mass is 16.1. The smallest absolute Gasteiger partial charge is 0.258 e. The molecule has 0 spiro atoms. The van der Waals surface area contributed by atoms with Crippen molar-refractivity contribution < 1.29 is 9.59 Å². The molecular formula is C18H21N5O2. The van der Waals surface area contributed by atoms with Gasteiger partial charge in [0, 0.05) is 49.8 Å². The summed E-state index contributed by atoms with van der Waals surface area (Å²) in [5.41, 5.74) is 1.63. The van der Waals surface area contributed by atoms with E-state index in [1.807, 2.05) is 0 Å². The Morgan fingerprint density at radius 3 is 2.12 bits per heavy atom. The van der Waals surface area contributed by atoms with E-state index in [-0.39, 0.29) is 11.7 Å². The molecule has 1 aliphatic rings. The van der Waals surface area contributed by atoms with Crippen LogP contribution in [0.25, 0.3) is 0 Å². The van der Waals surface area contributed by atoms with Crippen molar-refractivity contribution in [2.24, 2.45) is 0 Å². The average Bonchev–Trinajstić information content (AvgIpc) is 2.63. The lowest BCUT2D eigenvalue weighted by Crippen LogP contribution is -2.45. The van der Waals surface area contributed by atoms with Crippen molar-refractivity contribution in [1.82, 2.24) is 14.9 Å². The Kier molecular flexibility index (Phi) is 5.04. The number of amides is 1. The van der Waals surface area contributed by atoms with Gasteiger partial charge in [-0.15, -0.1) is 0 Å². The molecule has 0 radical (unpaired) electrons. The maximum absolute atomic E-state index is 12.3. The van der Waals surface area contributed by atoms with Gasteiger partial charge in [0.05, 0.1) is 5.56 Å². The number of piperazine rings is 1. The molecule has 2 heterocycles. The highest BCUT2D eigenvalue weighted by Crippen LogP contribution is 2.13. The van der Waals surface area contributed by atoms with Crippen LogP contribution in [0.5, 0.6) is 0 Å². The summed E-state index contributed by atoms with van der Waals surface area (Å²) in [6.45, 7) is 5.21. The van der Waals surface area contributed by atoms with E-state index in [2.05, 4.69) is 32.1 Å². The van der Waals surface area contributed by atoms with Crippen molar-refractivity contribution in [3.05, 3.63) is 47.8 Å². The zero-order chi connectivity index (χ0) is 17.8. The summed E-state index contributed by atoms with van der Waals surface area (Å²) in [5, 5.41) is 2.78. The summed E-state index contributed by atoms with van der Waals surface area (Å²) >= 11 is 0. The summed E-state index contributed by atoms with van der Waals surface area (Å²) in [6.07, 6.45) is 3.08. The Labute approximate surface area is 146 Å². The van der Waals surface area contributed by atoms with E-state index in [0.29, 0.717) is 22.8 Å². The second-order valence-electron chi connectivity index (χ2n) is 6.15. The van der Waals surface area contributed by atoms with Crippen LogP contribution in [0.2, 0.25) is 0 Å². The summed E-state index contributed by atoms with van der Waals surface area (Å²) in [4.78, 5) is 36.6. The normalized spacial score (nSPS) is 15.0. The monoisotopic (exact) mass is 339 g/mol. The molecule has 0 unspecified atom stereocenters. The Hall–Kier alpha value is -2.80. The third kappa shape index (κ3) is 4.19. The third-order valence-corrected chi connectivity index (χ3v) is 4.24. The quantitative estimate of drug-likeness (QED) is 0.854. The molecule has 0 atom stereocenters. The van der Waals surface area contributed by atoms with Crippen LogP contribution in [0.3, 0.4) is 0 Å². The van der Waals surface area contributed by atoms with Crippen LogP contribution < -0.4 is 10.2 Å². The van der Waals surface area contributed by atoms with E-state index in [1.54, 1.807) is 36.7 Å². The third-order valence-electron chi connectivity index (χ3n) is 4.24. The number of rotatable bonds is 4. The Morgan fingerprint density at radius 1 is 0.960 bits per heavy atom. The molecule has 1 N–H and O–H groups in total. The van der Waals surface area contributed by atoms with Gasteiger partial charge in [-0.25, -0.2) is 9.97 Å². The fraction of sp³-hybridized carbons (Fsp3) is 0.333. The largest absolute Gasteiger partial charge is 0.338 e. The number of nitrogens with one attached hydrogen (secondary N) is 1. The van der Waals surface area contributed by atoms with Crippen LogP contribution >= 0.6 is 0 Å². The minimum absolute atomic E-state index is 0.00854. The molecule has 1 aromatic carbocycles. The van der Waals surface area contributed by atoms with Crippen molar-refractivity contribution in [2.45, 2.75) is 6.92 Å². The van der Waals surface area contributed by atoms with E-state index < -0.39 is 0 Å². The maximum Gasteiger partial charge on any atom is 0.258 e. The molecule has 1 amide bonds. The van der Waals surface area contributed by atoms with E-state index in [4.69, 9.17) is 0 Å². The molecule has 1 aromatic heterocycles. The van der Waals surface area contributed by atoms with Crippen molar-refractivity contribution in [2.75, 3.05) is 43.4 Å². The lowest BCUT2D eigenvalue weighted by Gasteiger charge is -2.32. The van der Waals surface area contributed by atoms with Crippen molar-refractivity contribution in [3.63, 3.8) is 0 Å². The van der Waals surface area contributed by atoms with Gasteiger partial charge in [0.2, 0.25) is 5.95 Å². The van der Waals surface area contributed by atoms with Gasteiger partial charge in [0.25, 0.3) is 5.91 Å². The molecule has 130 valence electrons. The number of ketones is 1. The Morgan fingerprint density at radius 2 is 1.56 bits per heavy atom. The first-order chi connectivity index (χ1) is 12.0. The van der Waals surface area contributed by atoms with Crippen molar-refractivity contribution in [3.8, 4) is 0 Å². The number of benzene rings is 1. The number of nitrogens with zero attached hydrogens (tertiary/aromatic N) is 4. The molecule has 1 saturated heterocycles. The van der Waals surface area contributed by atoms with E-state index >= 15 is 0 Å². The van der Waals surface area contributed by atoms with Crippen LogP contribution in [-0.2, 0) is 0 Å². The van der Waals surface area contributed by atoms with Crippen molar-refractivity contribution in [1.29, 1.82) is 0 Å². The van der Waals surface area contributed by atoms with Gasteiger partial charge in [0.15, 0.2) is 5.78 Å². The van der Waals surface area contributed by atoms with Gasteiger partial charge in [-0.05, 0) is 38.2 Å². The van der Waals surface area contributed by atoms with Gasteiger partial charge in [-0.1, -0.05) is 0 Å². The second-order valence-corrected chi connectivity index (χ2v) is 6.15. The fourth-order valence-corrected chi connectivity index (χ4v) is 2.60. The highest BCUT2D eigenvalue weighted by molar-refractivity contribution is 6.04. The second kappa shape index (κ2) is 7.40. The summed E-state index contributed by atoms with van der Waals surface area (Å²) in [6, 6.07) is 6.78. The number of hydrogen-bond acceptors (Lipinski definition) is 6. The molecule has 2 aromatic rings. The molecule has 0 saturated carbocycles.